The largest absolute Gasteiger partial charge is 0.497 e. The summed E-state index contributed by atoms with van der Waals surface area (Å²) in [6.07, 6.45) is 0. The van der Waals surface area contributed by atoms with Gasteiger partial charge in [-0.3, -0.25) is 14.5 Å². The number of carbonyl (C=O) groups excluding carboxylic acids is 3. The van der Waals surface area contributed by atoms with Crippen LogP contribution in [0.15, 0.2) is 48.5 Å². The molecule has 2 aromatic rings. The van der Waals surface area contributed by atoms with Crippen LogP contribution in [0.1, 0.15) is 12.5 Å². The zero-order chi connectivity index (χ0) is 22.7. The maximum Gasteiger partial charge on any atom is 0.325 e. The molecule has 32 heavy (non-hydrogen) atoms. The van der Waals surface area contributed by atoms with Crippen LogP contribution in [0, 0.1) is 0 Å². The molecular weight excluding hydrogens is 412 g/mol. The summed E-state index contributed by atoms with van der Waals surface area (Å²) in [6, 6.07) is 13.8. The average Bonchev–Trinajstić information content (AvgIpc) is 3.04. The fourth-order valence-corrected chi connectivity index (χ4v) is 3.89. The number of nitrogens with zero attached hydrogens (tertiary/aromatic N) is 2. The molecule has 2 heterocycles. The first-order valence-corrected chi connectivity index (χ1v) is 10.4. The summed E-state index contributed by atoms with van der Waals surface area (Å²) in [6.45, 7) is 4.27. The fraction of sp³-hybridized carbons (Fsp3) is 0.348. The van der Waals surface area contributed by atoms with Gasteiger partial charge in [-0.25, -0.2) is 4.79 Å². The number of methoxy groups -OCH3 is 1. The molecule has 9 nitrogen and oxygen atoms in total. The first-order valence-electron chi connectivity index (χ1n) is 10.4. The maximum atomic E-state index is 13.1. The minimum Gasteiger partial charge on any atom is -0.497 e. The molecule has 4 amide bonds. The quantitative estimate of drug-likeness (QED) is 0.669. The fourth-order valence-electron chi connectivity index (χ4n) is 3.89. The highest BCUT2D eigenvalue weighted by molar-refractivity contribution is 6.10. The van der Waals surface area contributed by atoms with Gasteiger partial charge in [0, 0.05) is 24.5 Å². The summed E-state index contributed by atoms with van der Waals surface area (Å²) in [5.74, 6) is -0.376. The number of carbonyl (C=O) groups is 3. The second-order valence-electron chi connectivity index (χ2n) is 7.87. The molecule has 0 aromatic heterocycles. The van der Waals surface area contributed by atoms with Crippen LogP contribution in [0.3, 0.4) is 0 Å². The Morgan fingerprint density at radius 1 is 1.16 bits per heavy atom. The Balaban J connectivity index is 1.40. The van der Waals surface area contributed by atoms with Crippen molar-refractivity contribution in [3.8, 4) is 5.75 Å². The summed E-state index contributed by atoms with van der Waals surface area (Å²) in [5, 5.41) is 5.45. The van der Waals surface area contributed by atoms with E-state index in [1.807, 2.05) is 12.1 Å². The molecule has 0 bridgehead atoms. The second kappa shape index (κ2) is 8.88. The molecule has 4 rings (SSSR count). The van der Waals surface area contributed by atoms with Crippen molar-refractivity contribution in [1.82, 2.24) is 10.2 Å². The molecule has 2 aromatic carbocycles. The SMILES string of the molecule is COc1cccc(C2(C)NC(=O)N(CC(=O)Nc3ccc(N4CCOCC4)cc3)C2=O)c1. The van der Waals surface area contributed by atoms with Crippen LogP contribution >= 0.6 is 0 Å². The Morgan fingerprint density at radius 3 is 2.56 bits per heavy atom. The number of benzene rings is 2. The third kappa shape index (κ3) is 4.24. The third-order valence-corrected chi connectivity index (χ3v) is 5.75. The topological polar surface area (TPSA) is 100 Å². The van der Waals surface area contributed by atoms with Gasteiger partial charge in [-0.1, -0.05) is 12.1 Å². The lowest BCUT2D eigenvalue weighted by atomic mass is 9.92. The summed E-state index contributed by atoms with van der Waals surface area (Å²) < 4.78 is 10.6. The van der Waals surface area contributed by atoms with E-state index in [0.717, 1.165) is 23.7 Å². The summed E-state index contributed by atoms with van der Waals surface area (Å²) in [7, 11) is 1.53. The summed E-state index contributed by atoms with van der Waals surface area (Å²) >= 11 is 0. The number of amides is 4. The molecule has 2 saturated heterocycles. The van der Waals surface area contributed by atoms with Gasteiger partial charge in [-0.15, -0.1) is 0 Å². The van der Waals surface area contributed by atoms with Crippen LogP contribution in [0.5, 0.6) is 5.75 Å². The van der Waals surface area contributed by atoms with E-state index in [1.54, 1.807) is 43.3 Å². The predicted molar refractivity (Wildman–Crippen MR) is 119 cm³/mol. The molecular formula is C23H26N4O5. The predicted octanol–water partition coefficient (Wildman–Crippen LogP) is 1.94. The minimum absolute atomic E-state index is 0.380. The van der Waals surface area contributed by atoms with Gasteiger partial charge >= 0.3 is 6.03 Å². The van der Waals surface area contributed by atoms with Gasteiger partial charge in [0.15, 0.2) is 0 Å². The van der Waals surface area contributed by atoms with Crippen molar-refractivity contribution in [2.75, 3.05) is 50.2 Å². The van der Waals surface area contributed by atoms with Crippen molar-refractivity contribution < 1.29 is 23.9 Å². The molecule has 168 valence electrons. The number of imide groups is 1. The third-order valence-electron chi connectivity index (χ3n) is 5.75. The van der Waals surface area contributed by atoms with Crippen LogP contribution in [0.2, 0.25) is 0 Å². The number of ether oxygens (including phenoxy) is 2. The number of hydrogen-bond donors (Lipinski definition) is 2. The maximum absolute atomic E-state index is 13.1. The van der Waals surface area contributed by atoms with Gasteiger partial charge in [0.25, 0.3) is 5.91 Å². The van der Waals surface area contributed by atoms with Crippen LogP contribution in [0.25, 0.3) is 0 Å². The van der Waals surface area contributed by atoms with E-state index in [0.29, 0.717) is 30.2 Å². The number of nitrogens with one attached hydrogen (secondary N) is 2. The molecule has 1 unspecified atom stereocenters. The van der Waals surface area contributed by atoms with Crippen molar-refractivity contribution in [1.29, 1.82) is 0 Å². The lowest BCUT2D eigenvalue weighted by Crippen LogP contribution is -2.42. The molecule has 0 aliphatic carbocycles. The molecule has 2 N–H and O–H groups in total. The zero-order valence-corrected chi connectivity index (χ0v) is 18.1. The number of anilines is 2. The van der Waals surface area contributed by atoms with Crippen LogP contribution in [-0.2, 0) is 19.9 Å². The lowest BCUT2D eigenvalue weighted by molar-refractivity contribution is -0.133. The Bertz CT molecular complexity index is 1020. The van der Waals surface area contributed by atoms with Crippen molar-refractivity contribution in [3.05, 3.63) is 54.1 Å². The number of hydrogen-bond acceptors (Lipinski definition) is 6. The van der Waals surface area contributed by atoms with Gasteiger partial charge in [-0.05, 0) is 48.9 Å². The normalized spacial score (nSPS) is 20.8. The van der Waals surface area contributed by atoms with E-state index in [9.17, 15) is 14.4 Å². The van der Waals surface area contributed by atoms with Crippen LogP contribution in [-0.4, -0.2) is 62.7 Å². The average molecular weight is 438 g/mol. The lowest BCUT2D eigenvalue weighted by Gasteiger charge is -2.28. The highest BCUT2D eigenvalue weighted by Gasteiger charge is 2.49. The van der Waals surface area contributed by atoms with Gasteiger partial charge in [0.05, 0.1) is 20.3 Å². The van der Waals surface area contributed by atoms with E-state index in [4.69, 9.17) is 9.47 Å². The van der Waals surface area contributed by atoms with Crippen LogP contribution in [0.4, 0.5) is 16.2 Å². The molecule has 0 radical (unpaired) electrons. The van der Waals surface area contributed by atoms with Gasteiger partial charge in [0.1, 0.15) is 17.8 Å². The Morgan fingerprint density at radius 2 is 1.88 bits per heavy atom. The Hall–Kier alpha value is -3.59. The van der Waals surface area contributed by atoms with Crippen molar-refractivity contribution in [2.24, 2.45) is 0 Å². The molecule has 9 heteroatoms. The molecule has 2 aliphatic rings. The van der Waals surface area contributed by atoms with E-state index in [-0.39, 0.29) is 6.54 Å². The highest BCUT2D eigenvalue weighted by Crippen LogP contribution is 2.30. The highest BCUT2D eigenvalue weighted by atomic mass is 16.5. The van der Waals surface area contributed by atoms with E-state index in [1.165, 1.54) is 7.11 Å². The first kappa shape index (κ1) is 21.6. The van der Waals surface area contributed by atoms with Crippen LogP contribution < -0.4 is 20.3 Å². The van der Waals surface area contributed by atoms with Gasteiger partial charge < -0.3 is 25.0 Å². The van der Waals surface area contributed by atoms with E-state index in [2.05, 4.69) is 15.5 Å². The van der Waals surface area contributed by atoms with Gasteiger partial charge in [0.2, 0.25) is 5.91 Å². The smallest absolute Gasteiger partial charge is 0.325 e. The standard InChI is InChI=1S/C23H26N4O5/c1-23(16-4-3-5-19(14-16)31-2)21(29)27(22(30)25-23)15-20(28)24-17-6-8-18(9-7-17)26-10-12-32-13-11-26/h3-9,14H,10-13,15H2,1-2H3,(H,24,28)(H,25,30). The van der Waals surface area contributed by atoms with Crippen molar-refractivity contribution in [2.45, 2.75) is 12.5 Å². The molecule has 1 atom stereocenters. The molecule has 2 aliphatic heterocycles. The Labute approximate surface area is 186 Å². The van der Waals surface area contributed by atoms with Crippen molar-refractivity contribution >= 4 is 29.2 Å². The Kier molecular flexibility index (Phi) is 6.00. The zero-order valence-electron chi connectivity index (χ0n) is 18.1. The number of rotatable bonds is 6. The second-order valence-corrected chi connectivity index (χ2v) is 7.87. The summed E-state index contributed by atoms with van der Waals surface area (Å²) in [4.78, 5) is 41.3. The molecule has 2 fully saturated rings. The van der Waals surface area contributed by atoms with Gasteiger partial charge in [-0.2, -0.15) is 0 Å². The minimum atomic E-state index is -1.27. The molecule has 0 saturated carbocycles. The summed E-state index contributed by atoms with van der Waals surface area (Å²) in [5.41, 5.74) is 0.951. The first-order chi connectivity index (χ1) is 15.4. The van der Waals surface area contributed by atoms with E-state index < -0.39 is 23.4 Å². The number of urea groups is 1. The number of morpholine rings is 1. The molecule has 0 spiro atoms. The monoisotopic (exact) mass is 438 g/mol. The van der Waals surface area contributed by atoms with Crippen molar-refractivity contribution in [3.63, 3.8) is 0 Å². The van der Waals surface area contributed by atoms with E-state index >= 15 is 0 Å².